The molecule has 1 saturated heterocycles. The number of aliphatic hydroxyl groups excluding tert-OH is 1. The topological polar surface area (TPSA) is 59.0 Å². The van der Waals surface area contributed by atoms with Crippen molar-refractivity contribution >= 4 is 5.91 Å². The van der Waals surface area contributed by atoms with Crippen molar-refractivity contribution < 1.29 is 19.4 Å². The smallest absolute Gasteiger partial charge is 0.260 e. The molecule has 5 nitrogen and oxygen atoms in total. The number of aryl methyl sites for hydroxylation is 1. The molecule has 1 aromatic carbocycles. The van der Waals surface area contributed by atoms with Crippen LogP contribution in [0, 0.1) is 6.92 Å². The van der Waals surface area contributed by atoms with Gasteiger partial charge in [-0.15, -0.1) is 0 Å². The van der Waals surface area contributed by atoms with Gasteiger partial charge in [-0.3, -0.25) is 4.79 Å². The van der Waals surface area contributed by atoms with E-state index in [1.54, 1.807) is 18.1 Å². The highest BCUT2D eigenvalue weighted by Crippen LogP contribution is 2.27. The molecule has 0 radical (unpaired) electrons. The van der Waals surface area contributed by atoms with Gasteiger partial charge in [-0.2, -0.15) is 0 Å². The van der Waals surface area contributed by atoms with Gasteiger partial charge in [0.1, 0.15) is 0 Å². The van der Waals surface area contributed by atoms with Crippen molar-refractivity contribution in [3.63, 3.8) is 0 Å². The van der Waals surface area contributed by atoms with Gasteiger partial charge in [-0.05, 0) is 37.5 Å². The van der Waals surface area contributed by atoms with Crippen LogP contribution in [0.5, 0.6) is 11.5 Å². The first-order valence-electron chi connectivity index (χ1n) is 6.83. The predicted molar refractivity (Wildman–Crippen MR) is 75.0 cm³/mol. The second kappa shape index (κ2) is 6.61. The lowest BCUT2D eigenvalue weighted by molar-refractivity contribution is -0.136. The minimum absolute atomic E-state index is 0.0356. The quantitative estimate of drug-likeness (QED) is 0.904. The first-order valence-corrected chi connectivity index (χ1v) is 6.83. The maximum Gasteiger partial charge on any atom is 0.260 e. The van der Waals surface area contributed by atoms with Gasteiger partial charge in [0.2, 0.25) is 0 Å². The number of piperidine rings is 1. The van der Waals surface area contributed by atoms with Crippen molar-refractivity contribution in [1.29, 1.82) is 0 Å². The van der Waals surface area contributed by atoms with Gasteiger partial charge in [0.25, 0.3) is 5.91 Å². The molecule has 20 heavy (non-hydrogen) atoms. The van der Waals surface area contributed by atoms with Crippen LogP contribution in [-0.2, 0) is 4.79 Å². The van der Waals surface area contributed by atoms with E-state index in [1.807, 2.05) is 19.1 Å². The summed E-state index contributed by atoms with van der Waals surface area (Å²) in [5, 5.41) is 9.57. The molecule has 1 aliphatic rings. The van der Waals surface area contributed by atoms with E-state index in [0.717, 1.165) is 18.4 Å². The van der Waals surface area contributed by atoms with E-state index >= 15 is 0 Å². The second-order valence-corrected chi connectivity index (χ2v) is 5.08. The number of nitrogens with zero attached hydrogens (tertiary/aromatic N) is 1. The van der Waals surface area contributed by atoms with E-state index in [-0.39, 0.29) is 12.5 Å². The lowest BCUT2D eigenvalue weighted by Gasteiger charge is -2.30. The number of ether oxygens (including phenoxy) is 2. The van der Waals surface area contributed by atoms with Gasteiger partial charge in [-0.25, -0.2) is 0 Å². The minimum atomic E-state index is -0.415. The summed E-state index contributed by atoms with van der Waals surface area (Å²) in [6, 6.07) is 5.57. The fraction of sp³-hybridized carbons (Fsp3) is 0.533. The molecule has 2 rings (SSSR count). The number of hydrogen-bond donors (Lipinski definition) is 1. The molecule has 0 aliphatic carbocycles. The fourth-order valence-electron chi connectivity index (χ4n) is 2.31. The number of carbonyl (C=O) groups excluding carboxylic acids is 1. The fourth-order valence-corrected chi connectivity index (χ4v) is 2.31. The Morgan fingerprint density at radius 1 is 1.45 bits per heavy atom. The Hall–Kier alpha value is -1.75. The summed E-state index contributed by atoms with van der Waals surface area (Å²) in [7, 11) is 1.57. The predicted octanol–water partition coefficient (Wildman–Crippen LogP) is 1.37. The van der Waals surface area contributed by atoms with Crippen LogP contribution in [0.4, 0.5) is 0 Å². The molecular weight excluding hydrogens is 258 g/mol. The number of hydrogen-bond acceptors (Lipinski definition) is 4. The van der Waals surface area contributed by atoms with E-state index in [9.17, 15) is 9.90 Å². The summed E-state index contributed by atoms with van der Waals surface area (Å²) in [5.41, 5.74) is 1.07. The standard InChI is InChI=1S/C15H21NO4/c1-11-5-6-13(14(8-11)19-2)20-10-15(18)16-7-3-4-12(17)9-16/h5-6,8,12,17H,3-4,7,9-10H2,1-2H3/t12-/m0/s1. The molecule has 0 aromatic heterocycles. The van der Waals surface area contributed by atoms with Crippen LogP contribution >= 0.6 is 0 Å². The van der Waals surface area contributed by atoms with Crippen LogP contribution in [-0.4, -0.2) is 48.8 Å². The summed E-state index contributed by atoms with van der Waals surface area (Å²) in [6.45, 7) is 3.01. The van der Waals surface area contributed by atoms with Crippen LogP contribution in [0.25, 0.3) is 0 Å². The molecule has 0 unspecified atom stereocenters. The lowest BCUT2D eigenvalue weighted by Crippen LogP contribution is -2.44. The largest absolute Gasteiger partial charge is 0.493 e. The van der Waals surface area contributed by atoms with Gasteiger partial charge in [0, 0.05) is 13.1 Å². The van der Waals surface area contributed by atoms with Crippen LogP contribution in [0.2, 0.25) is 0 Å². The van der Waals surface area contributed by atoms with Gasteiger partial charge in [0.15, 0.2) is 18.1 Å². The van der Waals surface area contributed by atoms with E-state index < -0.39 is 6.10 Å². The minimum Gasteiger partial charge on any atom is -0.493 e. The Labute approximate surface area is 119 Å². The third-order valence-corrected chi connectivity index (χ3v) is 3.42. The van der Waals surface area contributed by atoms with E-state index in [4.69, 9.17) is 9.47 Å². The summed E-state index contributed by atoms with van der Waals surface area (Å²) in [5.74, 6) is 1.08. The average Bonchev–Trinajstić information content (AvgIpc) is 2.45. The number of benzene rings is 1. The van der Waals surface area contributed by atoms with E-state index in [2.05, 4.69) is 0 Å². The summed E-state index contributed by atoms with van der Waals surface area (Å²) in [6.07, 6.45) is 1.18. The zero-order valence-electron chi connectivity index (χ0n) is 12.0. The number of aliphatic hydroxyl groups is 1. The highest BCUT2D eigenvalue weighted by atomic mass is 16.5. The second-order valence-electron chi connectivity index (χ2n) is 5.08. The van der Waals surface area contributed by atoms with E-state index in [0.29, 0.717) is 24.6 Å². The maximum absolute atomic E-state index is 12.0. The Bertz CT molecular complexity index is 475. The molecule has 110 valence electrons. The maximum atomic E-state index is 12.0. The Morgan fingerprint density at radius 2 is 2.25 bits per heavy atom. The molecule has 1 amide bonds. The first-order chi connectivity index (χ1) is 9.60. The normalized spacial score (nSPS) is 18.8. The molecule has 5 heteroatoms. The van der Waals surface area contributed by atoms with Gasteiger partial charge >= 0.3 is 0 Å². The number of carbonyl (C=O) groups is 1. The van der Waals surface area contributed by atoms with Gasteiger partial charge < -0.3 is 19.5 Å². The van der Waals surface area contributed by atoms with Crippen molar-refractivity contribution in [3.05, 3.63) is 23.8 Å². The van der Waals surface area contributed by atoms with Crippen molar-refractivity contribution in [2.75, 3.05) is 26.8 Å². The Balaban J connectivity index is 1.93. The van der Waals surface area contributed by atoms with Crippen LogP contribution < -0.4 is 9.47 Å². The van der Waals surface area contributed by atoms with Crippen molar-refractivity contribution in [3.8, 4) is 11.5 Å². The summed E-state index contributed by atoms with van der Waals surface area (Å²) >= 11 is 0. The Kier molecular flexibility index (Phi) is 4.84. The zero-order chi connectivity index (χ0) is 14.5. The molecule has 0 bridgehead atoms. The SMILES string of the molecule is COc1cc(C)ccc1OCC(=O)N1CCC[C@H](O)C1. The molecule has 0 spiro atoms. The highest BCUT2D eigenvalue weighted by molar-refractivity contribution is 5.78. The third kappa shape index (κ3) is 3.63. The molecule has 1 aliphatic heterocycles. The van der Waals surface area contributed by atoms with Gasteiger partial charge in [-0.1, -0.05) is 6.07 Å². The lowest BCUT2D eigenvalue weighted by atomic mass is 10.1. The molecule has 1 N–H and O–H groups in total. The van der Waals surface area contributed by atoms with Crippen molar-refractivity contribution in [1.82, 2.24) is 4.90 Å². The zero-order valence-corrected chi connectivity index (χ0v) is 12.0. The molecule has 1 heterocycles. The number of amides is 1. The highest BCUT2D eigenvalue weighted by Gasteiger charge is 2.22. The number of rotatable bonds is 4. The molecular formula is C15H21NO4. The van der Waals surface area contributed by atoms with Crippen LogP contribution in [0.15, 0.2) is 18.2 Å². The average molecular weight is 279 g/mol. The number of likely N-dealkylation sites (tertiary alicyclic amines) is 1. The molecule has 1 atom stereocenters. The van der Waals surface area contributed by atoms with E-state index in [1.165, 1.54) is 0 Å². The van der Waals surface area contributed by atoms with Crippen LogP contribution in [0.1, 0.15) is 18.4 Å². The number of methoxy groups -OCH3 is 1. The molecule has 1 aromatic rings. The van der Waals surface area contributed by atoms with Gasteiger partial charge in [0.05, 0.1) is 13.2 Å². The Morgan fingerprint density at radius 3 is 2.95 bits per heavy atom. The monoisotopic (exact) mass is 279 g/mol. The number of β-amino-alcohol motifs (C(OH)–C–C–N with tert-alkyl or cyclic N) is 1. The van der Waals surface area contributed by atoms with Crippen molar-refractivity contribution in [2.24, 2.45) is 0 Å². The van der Waals surface area contributed by atoms with Crippen molar-refractivity contribution in [2.45, 2.75) is 25.9 Å². The summed E-state index contributed by atoms with van der Waals surface area (Å²) < 4.78 is 10.8. The molecule has 1 fully saturated rings. The first kappa shape index (κ1) is 14.7. The third-order valence-electron chi connectivity index (χ3n) is 3.42. The van der Waals surface area contributed by atoms with Crippen LogP contribution in [0.3, 0.4) is 0 Å². The summed E-state index contributed by atoms with van der Waals surface area (Å²) in [4.78, 5) is 13.7. The molecule has 0 saturated carbocycles.